The molecule has 0 fully saturated rings. The third kappa shape index (κ3) is 22.6. The lowest BCUT2D eigenvalue weighted by atomic mass is 9.95. The van der Waals surface area contributed by atoms with E-state index in [1.165, 1.54) is 57.8 Å². The molecule has 0 aromatic carbocycles. The minimum Gasteiger partial charge on any atom is -0.481 e. The number of rotatable bonds is 29. The minimum absolute atomic E-state index is 0.0432. The molecule has 242 valence electrons. The number of hydrogen-bond donors (Lipinski definition) is 2. The van der Waals surface area contributed by atoms with Gasteiger partial charge in [0.05, 0.1) is 12.8 Å². The first-order valence-corrected chi connectivity index (χ1v) is 16.7. The van der Waals surface area contributed by atoms with Gasteiger partial charge in [-0.3, -0.25) is 9.59 Å². The Bertz CT molecular complexity index is 672. The van der Waals surface area contributed by atoms with Crippen LogP contribution >= 0.6 is 0 Å². The zero-order valence-electron chi connectivity index (χ0n) is 26.4. The number of carbonyl (C=O) groups excluding carboxylic acids is 2. The molecular formula is C33H61FO7. The molecule has 3 atom stereocenters. The van der Waals surface area contributed by atoms with Gasteiger partial charge in [0.25, 0.3) is 0 Å². The SMILES string of the molecule is CCCCCCCCCCCC(CCCCCCCC)OC(=O)CC(O)(CC(=O)O)C(=O)OC(F)CCCCCC. The quantitative estimate of drug-likeness (QED) is 0.0663. The van der Waals surface area contributed by atoms with Gasteiger partial charge in [-0.05, 0) is 32.1 Å². The lowest BCUT2D eigenvalue weighted by Gasteiger charge is -2.26. The van der Waals surface area contributed by atoms with Crippen LogP contribution in [0.15, 0.2) is 0 Å². The van der Waals surface area contributed by atoms with Crippen LogP contribution in [-0.2, 0) is 23.9 Å². The van der Waals surface area contributed by atoms with E-state index in [1.807, 2.05) is 6.92 Å². The Morgan fingerprint density at radius 2 is 1.00 bits per heavy atom. The van der Waals surface area contributed by atoms with Crippen LogP contribution in [0.25, 0.3) is 0 Å². The Balaban J connectivity index is 4.96. The summed E-state index contributed by atoms with van der Waals surface area (Å²) in [4.78, 5) is 36.8. The Kier molecular flexibility index (Phi) is 24.9. The highest BCUT2D eigenvalue weighted by Gasteiger charge is 2.44. The highest BCUT2D eigenvalue weighted by molar-refractivity contribution is 5.89. The molecule has 0 aliphatic heterocycles. The van der Waals surface area contributed by atoms with Crippen molar-refractivity contribution in [1.82, 2.24) is 0 Å². The number of alkyl halides is 1. The maximum atomic E-state index is 14.2. The van der Waals surface area contributed by atoms with Crippen molar-refractivity contribution in [3.63, 3.8) is 0 Å². The van der Waals surface area contributed by atoms with Crippen LogP contribution < -0.4 is 0 Å². The highest BCUT2D eigenvalue weighted by atomic mass is 19.1. The fourth-order valence-electron chi connectivity index (χ4n) is 5.04. The van der Waals surface area contributed by atoms with Crippen molar-refractivity contribution in [3.05, 3.63) is 0 Å². The van der Waals surface area contributed by atoms with E-state index >= 15 is 0 Å². The normalized spacial score (nSPS) is 14.3. The number of unbranched alkanes of at least 4 members (excludes halogenated alkanes) is 16. The molecule has 0 rings (SSSR count). The molecular weight excluding hydrogens is 527 g/mol. The van der Waals surface area contributed by atoms with Crippen molar-refractivity contribution < 1.29 is 38.5 Å². The lowest BCUT2D eigenvalue weighted by Crippen LogP contribution is -2.45. The van der Waals surface area contributed by atoms with Crippen LogP contribution in [0.5, 0.6) is 0 Å². The summed E-state index contributed by atoms with van der Waals surface area (Å²) in [5, 5.41) is 20.1. The molecule has 0 heterocycles. The van der Waals surface area contributed by atoms with Gasteiger partial charge < -0.3 is 19.7 Å². The van der Waals surface area contributed by atoms with E-state index in [0.29, 0.717) is 19.3 Å². The van der Waals surface area contributed by atoms with Gasteiger partial charge in [0.15, 0.2) is 5.60 Å². The molecule has 0 aliphatic carbocycles. The Morgan fingerprint density at radius 1 is 0.610 bits per heavy atom. The lowest BCUT2D eigenvalue weighted by molar-refractivity contribution is -0.189. The van der Waals surface area contributed by atoms with Gasteiger partial charge in [-0.2, -0.15) is 0 Å². The zero-order chi connectivity index (χ0) is 30.8. The van der Waals surface area contributed by atoms with Gasteiger partial charge in [-0.15, -0.1) is 0 Å². The van der Waals surface area contributed by atoms with Gasteiger partial charge in [0, 0.05) is 6.42 Å². The molecule has 0 aromatic rings. The maximum Gasteiger partial charge on any atom is 0.341 e. The Hall–Kier alpha value is -1.70. The van der Waals surface area contributed by atoms with Gasteiger partial charge in [-0.25, -0.2) is 9.18 Å². The molecule has 0 bridgehead atoms. The van der Waals surface area contributed by atoms with E-state index in [9.17, 15) is 29.0 Å². The predicted octanol–water partition coefficient (Wildman–Crippen LogP) is 8.97. The smallest absolute Gasteiger partial charge is 0.341 e. The van der Waals surface area contributed by atoms with Gasteiger partial charge in [0.2, 0.25) is 6.36 Å². The number of carboxylic acids is 1. The number of esters is 2. The largest absolute Gasteiger partial charge is 0.481 e. The van der Waals surface area contributed by atoms with Crippen LogP contribution in [0.4, 0.5) is 4.39 Å². The monoisotopic (exact) mass is 588 g/mol. The minimum atomic E-state index is -2.68. The first kappa shape index (κ1) is 39.3. The number of hydrogen-bond acceptors (Lipinski definition) is 6. The molecule has 0 spiro atoms. The number of carboxylic acid groups (broad SMARTS) is 1. The van der Waals surface area contributed by atoms with E-state index < -0.39 is 42.7 Å². The number of halogens is 1. The van der Waals surface area contributed by atoms with Crippen LogP contribution in [-0.4, -0.2) is 46.2 Å². The van der Waals surface area contributed by atoms with Crippen molar-refractivity contribution in [2.75, 3.05) is 0 Å². The zero-order valence-corrected chi connectivity index (χ0v) is 26.4. The number of carbonyl (C=O) groups is 3. The Morgan fingerprint density at radius 3 is 1.44 bits per heavy atom. The number of aliphatic hydroxyl groups is 1. The number of aliphatic carboxylic acids is 1. The van der Waals surface area contributed by atoms with E-state index in [2.05, 4.69) is 13.8 Å². The molecule has 2 N–H and O–H groups in total. The van der Waals surface area contributed by atoms with Crippen molar-refractivity contribution in [1.29, 1.82) is 0 Å². The summed E-state index contributed by atoms with van der Waals surface area (Å²) in [7, 11) is 0. The van der Waals surface area contributed by atoms with Crippen molar-refractivity contribution in [2.45, 2.75) is 193 Å². The van der Waals surface area contributed by atoms with Crippen LogP contribution in [0.3, 0.4) is 0 Å². The van der Waals surface area contributed by atoms with Crippen molar-refractivity contribution in [2.24, 2.45) is 0 Å². The van der Waals surface area contributed by atoms with E-state index in [0.717, 1.165) is 57.8 Å². The fraction of sp³-hybridized carbons (Fsp3) is 0.909. The molecule has 7 nitrogen and oxygen atoms in total. The van der Waals surface area contributed by atoms with E-state index in [1.54, 1.807) is 0 Å². The standard InChI is InChI=1S/C33H61FO7/c1-4-7-10-13-15-16-17-19-21-24-28(23-20-18-14-11-8-5-2)40-31(37)27-33(39,26-30(35)36)32(38)41-29(34)25-22-12-9-6-3/h28-29,39H,4-27H2,1-3H3,(H,35,36). The van der Waals surface area contributed by atoms with Gasteiger partial charge in [-0.1, -0.05) is 124 Å². The first-order valence-electron chi connectivity index (χ1n) is 16.7. The van der Waals surface area contributed by atoms with Crippen molar-refractivity contribution >= 4 is 17.9 Å². The molecule has 0 aromatic heterocycles. The average Bonchev–Trinajstić information content (AvgIpc) is 2.91. The molecule has 0 aliphatic rings. The third-order valence-corrected chi connectivity index (χ3v) is 7.59. The summed E-state index contributed by atoms with van der Waals surface area (Å²) in [5.74, 6) is -3.80. The second kappa shape index (κ2) is 26.0. The van der Waals surface area contributed by atoms with Crippen LogP contribution in [0, 0.1) is 0 Å². The molecule has 0 amide bonds. The second-order valence-corrected chi connectivity index (χ2v) is 11.7. The molecule has 0 radical (unpaired) electrons. The van der Waals surface area contributed by atoms with Crippen LogP contribution in [0.2, 0.25) is 0 Å². The summed E-state index contributed by atoms with van der Waals surface area (Å²) >= 11 is 0. The summed E-state index contributed by atoms with van der Waals surface area (Å²) in [6, 6.07) is 0. The summed E-state index contributed by atoms with van der Waals surface area (Å²) in [5.41, 5.74) is -2.68. The molecule has 8 heteroatoms. The first-order chi connectivity index (χ1) is 19.7. The third-order valence-electron chi connectivity index (χ3n) is 7.59. The average molecular weight is 589 g/mol. The fourth-order valence-corrected chi connectivity index (χ4v) is 5.04. The molecule has 0 saturated heterocycles. The second-order valence-electron chi connectivity index (χ2n) is 11.7. The van der Waals surface area contributed by atoms with Crippen molar-refractivity contribution in [3.8, 4) is 0 Å². The summed E-state index contributed by atoms with van der Waals surface area (Å²) in [6.07, 6.45) is 17.5. The highest BCUT2D eigenvalue weighted by Crippen LogP contribution is 2.24. The van der Waals surface area contributed by atoms with E-state index in [-0.39, 0.29) is 12.5 Å². The van der Waals surface area contributed by atoms with Gasteiger partial charge in [0.1, 0.15) is 6.10 Å². The molecule has 0 saturated carbocycles. The van der Waals surface area contributed by atoms with E-state index in [4.69, 9.17) is 9.47 Å². The summed E-state index contributed by atoms with van der Waals surface area (Å²) < 4.78 is 24.6. The van der Waals surface area contributed by atoms with Crippen LogP contribution in [0.1, 0.15) is 175 Å². The maximum absolute atomic E-state index is 14.2. The number of ether oxygens (including phenoxy) is 2. The topological polar surface area (TPSA) is 110 Å². The molecule has 3 unspecified atom stereocenters. The summed E-state index contributed by atoms with van der Waals surface area (Å²) in [6.45, 7) is 6.40. The molecule has 41 heavy (non-hydrogen) atoms. The predicted molar refractivity (Wildman–Crippen MR) is 161 cm³/mol. The Labute approximate surface area is 249 Å². The van der Waals surface area contributed by atoms with Gasteiger partial charge >= 0.3 is 17.9 Å².